The summed E-state index contributed by atoms with van der Waals surface area (Å²) in [7, 11) is 0. The number of amides is 2. The van der Waals surface area contributed by atoms with Crippen molar-refractivity contribution < 1.29 is 9.59 Å². The van der Waals surface area contributed by atoms with Gasteiger partial charge in [0.15, 0.2) is 0 Å². The third kappa shape index (κ3) is 3.87. The molecule has 1 fully saturated rings. The summed E-state index contributed by atoms with van der Waals surface area (Å²) in [4.78, 5) is 47.4. The lowest BCUT2D eigenvalue weighted by Crippen LogP contribution is -2.38. The van der Waals surface area contributed by atoms with Crippen LogP contribution in [0.5, 0.6) is 0 Å². The van der Waals surface area contributed by atoms with Crippen LogP contribution in [0.25, 0.3) is 0 Å². The molecule has 2 aromatic rings. The predicted octanol–water partition coefficient (Wildman–Crippen LogP) is 2.44. The van der Waals surface area contributed by atoms with E-state index in [4.69, 9.17) is 0 Å². The third-order valence-corrected chi connectivity index (χ3v) is 5.56. The molecule has 0 aliphatic carbocycles. The van der Waals surface area contributed by atoms with Crippen molar-refractivity contribution in [2.24, 2.45) is 0 Å². The van der Waals surface area contributed by atoms with Crippen molar-refractivity contribution in [1.29, 1.82) is 0 Å². The second-order valence-electron chi connectivity index (χ2n) is 7.81. The van der Waals surface area contributed by atoms with E-state index in [2.05, 4.69) is 20.6 Å². The van der Waals surface area contributed by atoms with E-state index in [-0.39, 0.29) is 35.2 Å². The lowest BCUT2D eigenvalue weighted by molar-refractivity contribution is -0.123. The molecular weight excluding hydrogens is 370 g/mol. The SMILES string of the molecule is Cc1ccc(C)c(NC(=O)C2CC(=O)Nc3nc(N4CCCCC4)[nH]c(=O)c32)c1. The first-order valence-electron chi connectivity index (χ1n) is 9.99. The average molecular weight is 395 g/mol. The number of H-pyrrole nitrogens is 1. The van der Waals surface area contributed by atoms with E-state index < -0.39 is 5.92 Å². The molecule has 2 aliphatic rings. The second kappa shape index (κ2) is 7.69. The van der Waals surface area contributed by atoms with Crippen LogP contribution in [0.3, 0.4) is 0 Å². The van der Waals surface area contributed by atoms with Gasteiger partial charge in [-0.3, -0.25) is 19.4 Å². The van der Waals surface area contributed by atoms with Gasteiger partial charge in [0.2, 0.25) is 17.8 Å². The van der Waals surface area contributed by atoms with Gasteiger partial charge in [-0.2, -0.15) is 4.98 Å². The number of hydrogen-bond donors (Lipinski definition) is 3. The van der Waals surface area contributed by atoms with Gasteiger partial charge in [-0.25, -0.2) is 0 Å². The van der Waals surface area contributed by atoms with E-state index in [0.29, 0.717) is 11.6 Å². The van der Waals surface area contributed by atoms with E-state index in [1.54, 1.807) is 0 Å². The summed E-state index contributed by atoms with van der Waals surface area (Å²) in [6, 6.07) is 5.76. The lowest BCUT2D eigenvalue weighted by atomic mass is 9.92. The Hall–Kier alpha value is -3.16. The van der Waals surface area contributed by atoms with Crippen LogP contribution < -0.4 is 21.1 Å². The van der Waals surface area contributed by atoms with Crippen LogP contribution in [0.1, 0.15) is 48.3 Å². The number of fused-ring (bicyclic) bond motifs is 1. The molecule has 1 unspecified atom stereocenters. The summed E-state index contributed by atoms with van der Waals surface area (Å²) >= 11 is 0. The first-order chi connectivity index (χ1) is 13.9. The summed E-state index contributed by atoms with van der Waals surface area (Å²) in [6.07, 6.45) is 3.14. The molecule has 4 rings (SSSR count). The Morgan fingerprint density at radius 3 is 2.69 bits per heavy atom. The zero-order chi connectivity index (χ0) is 20.5. The van der Waals surface area contributed by atoms with E-state index in [1.165, 1.54) is 0 Å². The van der Waals surface area contributed by atoms with E-state index in [9.17, 15) is 14.4 Å². The van der Waals surface area contributed by atoms with Crippen LogP contribution in [0, 0.1) is 13.8 Å². The average Bonchev–Trinajstić information content (AvgIpc) is 2.70. The number of aryl methyl sites for hydroxylation is 2. The van der Waals surface area contributed by atoms with Gasteiger partial charge in [0.05, 0.1) is 11.5 Å². The van der Waals surface area contributed by atoms with Crippen molar-refractivity contribution in [2.45, 2.75) is 45.4 Å². The number of piperidine rings is 1. The Morgan fingerprint density at radius 2 is 1.93 bits per heavy atom. The van der Waals surface area contributed by atoms with Crippen molar-refractivity contribution in [3.8, 4) is 0 Å². The van der Waals surface area contributed by atoms with Crippen LogP contribution in [-0.2, 0) is 9.59 Å². The Kier molecular flexibility index (Phi) is 5.08. The summed E-state index contributed by atoms with van der Waals surface area (Å²) in [5.41, 5.74) is 2.44. The molecular formula is C21H25N5O3. The maximum atomic E-state index is 13.0. The molecule has 2 amide bonds. The molecule has 1 atom stereocenters. The Labute approximate surface area is 168 Å². The normalized spacial score (nSPS) is 18.8. The number of carbonyl (C=O) groups is 2. The van der Waals surface area contributed by atoms with Crippen LogP contribution >= 0.6 is 0 Å². The molecule has 0 bridgehead atoms. The minimum absolute atomic E-state index is 0.0858. The molecule has 1 aromatic heterocycles. The highest BCUT2D eigenvalue weighted by Crippen LogP contribution is 2.31. The molecule has 29 heavy (non-hydrogen) atoms. The maximum Gasteiger partial charge on any atom is 0.258 e. The number of aromatic amines is 1. The minimum Gasteiger partial charge on any atom is -0.342 e. The fourth-order valence-electron chi connectivity index (χ4n) is 3.93. The van der Waals surface area contributed by atoms with Gasteiger partial charge < -0.3 is 15.5 Å². The Balaban J connectivity index is 1.66. The number of nitrogens with one attached hydrogen (secondary N) is 3. The zero-order valence-corrected chi connectivity index (χ0v) is 16.7. The summed E-state index contributed by atoms with van der Waals surface area (Å²) < 4.78 is 0. The second-order valence-corrected chi connectivity index (χ2v) is 7.81. The smallest absolute Gasteiger partial charge is 0.258 e. The highest BCUT2D eigenvalue weighted by molar-refractivity contribution is 6.04. The quantitative estimate of drug-likeness (QED) is 0.740. The van der Waals surface area contributed by atoms with Crippen molar-refractivity contribution in [3.05, 3.63) is 45.2 Å². The minimum atomic E-state index is -0.884. The van der Waals surface area contributed by atoms with Crippen molar-refractivity contribution in [3.63, 3.8) is 0 Å². The molecule has 152 valence electrons. The standard InChI is InChI=1S/C21H25N5O3/c1-12-6-7-13(2)15(10-12)22-19(28)14-11-16(27)23-18-17(14)20(29)25-21(24-18)26-8-4-3-5-9-26/h6-7,10,14H,3-5,8-9,11H2,1-2H3,(H,22,28)(H2,23,24,25,27,29). The van der Waals surface area contributed by atoms with Gasteiger partial charge in [0, 0.05) is 25.2 Å². The lowest BCUT2D eigenvalue weighted by Gasteiger charge is -2.29. The molecule has 0 radical (unpaired) electrons. The highest BCUT2D eigenvalue weighted by atomic mass is 16.2. The van der Waals surface area contributed by atoms with Gasteiger partial charge >= 0.3 is 0 Å². The fourth-order valence-corrected chi connectivity index (χ4v) is 3.93. The Morgan fingerprint density at radius 1 is 1.17 bits per heavy atom. The number of benzene rings is 1. The molecule has 1 saturated heterocycles. The largest absolute Gasteiger partial charge is 0.342 e. The van der Waals surface area contributed by atoms with E-state index >= 15 is 0 Å². The van der Waals surface area contributed by atoms with E-state index in [1.807, 2.05) is 36.9 Å². The van der Waals surface area contributed by atoms with Crippen molar-refractivity contribution in [2.75, 3.05) is 28.6 Å². The van der Waals surface area contributed by atoms with Crippen molar-refractivity contribution in [1.82, 2.24) is 9.97 Å². The van der Waals surface area contributed by atoms with E-state index in [0.717, 1.165) is 43.5 Å². The van der Waals surface area contributed by atoms with Gasteiger partial charge in [0.25, 0.3) is 5.56 Å². The molecule has 2 aliphatic heterocycles. The van der Waals surface area contributed by atoms with Crippen LogP contribution in [0.4, 0.5) is 17.5 Å². The summed E-state index contributed by atoms with van der Waals surface area (Å²) in [5.74, 6) is -0.949. The third-order valence-electron chi connectivity index (χ3n) is 5.56. The first-order valence-corrected chi connectivity index (χ1v) is 9.99. The molecule has 8 nitrogen and oxygen atoms in total. The number of hydrogen-bond acceptors (Lipinski definition) is 5. The topological polar surface area (TPSA) is 107 Å². The molecule has 1 aromatic carbocycles. The van der Waals surface area contributed by atoms with Gasteiger partial charge in [-0.1, -0.05) is 12.1 Å². The molecule has 8 heteroatoms. The zero-order valence-electron chi connectivity index (χ0n) is 16.7. The Bertz CT molecular complexity index is 1020. The summed E-state index contributed by atoms with van der Waals surface area (Å²) in [6.45, 7) is 5.46. The van der Waals surface area contributed by atoms with Crippen LogP contribution in [0.2, 0.25) is 0 Å². The van der Waals surface area contributed by atoms with Crippen molar-refractivity contribution >= 4 is 29.3 Å². The molecule has 0 saturated carbocycles. The van der Waals surface area contributed by atoms with Gasteiger partial charge in [-0.15, -0.1) is 0 Å². The predicted molar refractivity (Wildman–Crippen MR) is 111 cm³/mol. The number of anilines is 3. The monoisotopic (exact) mass is 395 g/mol. The maximum absolute atomic E-state index is 13.0. The number of aromatic nitrogens is 2. The number of nitrogens with zero attached hydrogens (tertiary/aromatic N) is 2. The van der Waals surface area contributed by atoms with Crippen LogP contribution in [-0.4, -0.2) is 34.9 Å². The number of rotatable bonds is 3. The molecule has 3 N–H and O–H groups in total. The first kappa shape index (κ1) is 19.2. The highest BCUT2D eigenvalue weighted by Gasteiger charge is 2.35. The fraction of sp³-hybridized carbons (Fsp3) is 0.429. The summed E-state index contributed by atoms with van der Waals surface area (Å²) in [5, 5.41) is 5.55. The number of carbonyl (C=O) groups excluding carboxylic acids is 2. The molecule has 0 spiro atoms. The van der Waals surface area contributed by atoms with Gasteiger partial charge in [0.1, 0.15) is 5.82 Å². The molecule has 3 heterocycles. The van der Waals surface area contributed by atoms with Gasteiger partial charge in [-0.05, 0) is 50.3 Å². The van der Waals surface area contributed by atoms with Crippen LogP contribution in [0.15, 0.2) is 23.0 Å².